The van der Waals surface area contributed by atoms with Gasteiger partial charge < -0.3 is 20.1 Å². The first-order chi connectivity index (χ1) is 15.2. The molecule has 1 aliphatic heterocycles. The second-order valence-corrected chi connectivity index (χ2v) is 7.20. The van der Waals surface area contributed by atoms with Crippen LogP contribution in [0, 0.1) is 23.1 Å². The lowest BCUT2D eigenvalue weighted by atomic mass is 10.0. The van der Waals surface area contributed by atoms with Crippen LogP contribution in [0.2, 0.25) is 0 Å². The van der Waals surface area contributed by atoms with E-state index in [-0.39, 0.29) is 5.69 Å². The fourth-order valence-electron chi connectivity index (χ4n) is 3.47. The number of nitriles is 1. The van der Waals surface area contributed by atoms with Gasteiger partial charge in [0.2, 0.25) is 0 Å². The molecule has 1 aliphatic rings. The highest BCUT2D eigenvalue weighted by Gasteiger charge is 2.20. The van der Waals surface area contributed by atoms with Gasteiger partial charge in [-0.1, -0.05) is 0 Å². The number of aromatic amines is 1. The van der Waals surface area contributed by atoms with Crippen molar-refractivity contribution in [1.82, 2.24) is 25.5 Å². The molecule has 2 aromatic heterocycles. The minimum absolute atomic E-state index is 0.222. The first-order valence-corrected chi connectivity index (χ1v) is 9.92. The summed E-state index contributed by atoms with van der Waals surface area (Å²) >= 11 is 0. The van der Waals surface area contributed by atoms with E-state index >= 15 is 0 Å². The summed E-state index contributed by atoms with van der Waals surface area (Å²) in [5.74, 6) is 1.56. The maximum absolute atomic E-state index is 14.2. The zero-order valence-electron chi connectivity index (χ0n) is 17.0. The third-order valence-corrected chi connectivity index (χ3v) is 4.99. The number of ether oxygens (including phenoxy) is 2. The number of rotatable bonds is 7. The molecule has 1 fully saturated rings. The molecule has 0 saturated carbocycles. The molecule has 3 aromatic rings. The van der Waals surface area contributed by atoms with E-state index in [9.17, 15) is 4.39 Å². The van der Waals surface area contributed by atoms with Gasteiger partial charge in [0.1, 0.15) is 29.2 Å². The number of nitrogens with zero attached hydrogens (tertiary/aromatic N) is 4. The third kappa shape index (κ3) is 4.90. The van der Waals surface area contributed by atoms with Gasteiger partial charge in [-0.25, -0.2) is 14.4 Å². The predicted molar refractivity (Wildman–Crippen MR) is 112 cm³/mol. The van der Waals surface area contributed by atoms with Crippen molar-refractivity contribution in [1.29, 1.82) is 5.26 Å². The van der Waals surface area contributed by atoms with Crippen LogP contribution in [0.15, 0.2) is 30.6 Å². The number of H-pyrrole nitrogens is 1. The summed E-state index contributed by atoms with van der Waals surface area (Å²) in [5.41, 5.74) is 1.40. The predicted octanol–water partition coefficient (Wildman–Crippen LogP) is 3.01. The van der Waals surface area contributed by atoms with Crippen molar-refractivity contribution in [3.05, 3.63) is 42.1 Å². The van der Waals surface area contributed by atoms with Gasteiger partial charge in [0.15, 0.2) is 11.5 Å². The Morgan fingerprint density at radius 2 is 2.10 bits per heavy atom. The summed E-state index contributed by atoms with van der Waals surface area (Å²) in [5, 5.41) is 22.4. The molecule has 0 radical (unpaired) electrons. The minimum Gasteiger partial charge on any atom is -0.496 e. The molecule has 31 heavy (non-hydrogen) atoms. The Morgan fingerprint density at radius 3 is 2.81 bits per heavy atom. The van der Waals surface area contributed by atoms with Crippen LogP contribution < -0.4 is 20.1 Å². The molecule has 10 heteroatoms. The number of benzene rings is 1. The Bertz CT molecular complexity index is 1070. The first kappa shape index (κ1) is 20.6. The number of piperidine rings is 1. The number of anilines is 2. The molecule has 0 aliphatic carbocycles. The Balaban J connectivity index is 1.58. The molecule has 9 nitrogen and oxygen atoms in total. The van der Waals surface area contributed by atoms with E-state index in [0.717, 1.165) is 25.9 Å². The van der Waals surface area contributed by atoms with Crippen LogP contribution in [0.3, 0.4) is 0 Å². The van der Waals surface area contributed by atoms with Crippen molar-refractivity contribution in [3.63, 3.8) is 0 Å². The molecule has 1 saturated heterocycles. The van der Waals surface area contributed by atoms with Crippen LogP contribution in [0.5, 0.6) is 11.5 Å². The summed E-state index contributed by atoms with van der Waals surface area (Å²) < 4.78 is 25.6. The summed E-state index contributed by atoms with van der Waals surface area (Å²) in [7, 11) is 1.48. The van der Waals surface area contributed by atoms with Gasteiger partial charge >= 0.3 is 0 Å². The van der Waals surface area contributed by atoms with Crippen molar-refractivity contribution < 1.29 is 13.9 Å². The summed E-state index contributed by atoms with van der Waals surface area (Å²) in [4.78, 5) is 8.08. The molecular weight excluding hydrogens is 401 g/mol. The lowest BCUT2D eigenvalue weighted by Crippen LogP contribution is -2.33. The summed E-state index contributed by atoms with van der Waals surface area (Å²) in [6.45, 7) is 2.38. The van der Waals surface area contributed by atoms with Crippen LogP contribution in [0.4, 0.5) is 16.0 Å². The first-order valence-electron chi connectivity index (χ1n) is 9.92. The molecule has 160 valence electrons. The minimum atomic E-state index is -0.442. The number of hydrogen-bond donors (Lipinski definition) is 3. The lowest BCUT2D eigenvalue weighted by molar-refractivity contribution is 0.218. The number of aromatic nitrogens is 4. The second-order valence-electron chi connectivity index (χ2n) is 7.20. The van der Waals surface area contributed by atoms with Crippen molar-refractivity contribution in [2.24, 2.45) is 5.92 Å². The monoisotopic (exact) mass is 423 g/mol. The van der Waals surface area contributed by atoms with E-state index in [0.29, 0.717) is 46.9 Å². The Morgan fingerprint density at radius 1 is 1.23 bits per heavy atom. The zero-order valence-corrected chi connectivity index (χ0v) is 17.0. The zero-order chi connectivity index (χ0) is 21.6. The highest BCUT2D eigenvalue weighted by molar-refractivity contribution is 5.76. The van der Waals surface area contributed by atoms with Gasteiger partial charge in [0, 0.05) is 30.7 Å². The second kappa shape index (κ2) is 9.40. The van der Waals surface area contributed by atoms with E-state index in [1.54, 1.807) is 6.07 Å². The fraction of sp³-hybridized carbons (Fsp3) is 0.333. The van der Waals surface area contributed by atoms with E-state index in [1.807, 2.05) is 6.07 Å². The lowest BCUT2D eigenvalue weighted by Gasteiger charge is -2.23. The molecule has 1 aromatic carbocycles. The Kier molecular flexibility index (Phi) is 6.24. The quantitative estimate of drug-likeness (QED) is 0.530. The van der Waals surface area contributed by atoms with Crippen LogP contribution >= 0.6 is 0 Å². The smallest absolute Gasteiger partial charge is 0.158 e. The molecular formula is C21H22FN7O2. The van der Waals surface area contributed by atoms with Crippen LogP contribution in [0.1, 0.15) is 18.5 Å². The molecule has 4 rings (SSSR count). The van der Waals surface area contributed by atoms with Crippen molar-refractivity contribution >= 4 is 11.6 Å². The average molecular weight is 423 g/mol. The van der Waals surface area contributed by atoms with Gasteiger partial charge in [-0.3, -0.25) is 5.10 Å². The fourth-order valence-corrected chi connectivity index (χ4v) is 3.47. The number of hydrogen-bond acceptors (Lipinski definition) is 8. The van der Waals surface area contributed by atoms with Crippen molar-refractivity contribution in [2.45, 2.75) is 12.8 Å². The molecule has 1 unspecified atom stereocenters. The van der Waals surface area contributed by atoms with E-state index in [1.165, 1.54) is 31.6 Å². The average Bonchev–Trinajstić information content (AvgIpc) is 3.26. The van der Waals surface area contributed by atoms with Gasteiger partial charge in [-0.05, 0) is 19.4 Å². The molecule has 0 spiro atoms. The number of methoxy groups -OCH3 is 1. The topological polar surface area (TPSA) is 121 Å². The van der Waals surface area contributed by atoms with Gasteiger partial charge in [-0.15, -0.1) is 0 Å². The number of halogens is 1. The third-order valence-electron chi connectivity index (χ3n) is 4.99. The summed E-state index contributed by atoms with van der Waals surface area (Å²) in [6.07, 6.45) is 4.98. The molecule has 1 atom stereocenters. The molecule has 0 amide bonds. The van der Waals surface area contributed by atoms with Gasteiger partial charge in [0.25, 0.3) is 0 Å². The SMILES string of the molecule is COc1cc(F)cc(OCC2CCCNC2)c1-c1cc(Nc2cnc(C#N)cn2)n[nH]1. The normalized spacial score (nSPS) is 15.8. The maximum atomic E-state index is 14.2. The molecule has 3 N–H and O–H groups in total. The van der Waals surface area contributed by atoms with E-state index in [2.05, 4.69) is 30.8 Å². The highest BCUT2D eigenvalue weighted by atomic mass is 19.1. The van der Waals surface area contributed by atoms with E-state index < -0.39 is 5.82 Å². The summed E-state index contributed by atoms with van der Waals surface area (Å²) in [6, 6.07) is 6.32. The van der Waals surface area contributed by atoms with Crippen LogP contribution in [0.25, 0.3) is 11.3 Å². The highest BCUT2D eigenvalue weighted by Crippen LogP contribution is 2.39. The van der Waals surface area contributed by atoms with Crippen molar-refractivity contribution in [2.75, 3.05) is 32.1 Å². The van der Waals surface area contributed by atoms with Crippen molar-refractivity contribution in [3.8, 4) is 28.8 Å². The Labute approximate surface area is 178 Å². The number of nitrogens with one attached hydrogen (secondary N) is 3. The van der Waals surface area contributed by atoms with Gasteiger partial charge in [0.05, 0.1) is 37.4 Å². The maximum Gasteiger partial charge on any atom is 0.158 e. The van der Waals surface area contributed by atoms with Gasteiger partial charge in [-0.2, -0.15) is 10.4 Å². The Hall–Kier alpha value is -3.71. The van der Waals surface area contributed by atoms with E-state index in [4.69, 9.17) is 14.7 Å². The van der Waals surface area contributed by atoms with Crippen LogP contribution in [-0.4, -0.2) is 47.0 Å². The van der Waals surface area contributed by atoms with Crippen LogP contribution in [-0.2, 0) is 0 Å². The molecule has 0 bridgehead atoms. The molecule has 3 heterocycles. The standard InChI is InChI=1S/C21H22FN7O2/c1-30-17-5-14(22)6-18(31-12-13-3-2-4-24-9-13)21(17)16-7-19(29-28-16)27-20-11-25-15(8-23)10-26-20/h5-7,10-11,13,24H,2-4,9,12H2,1H3,(H2,26,27,28,29). The largest absolute Gasteiger partial charge is 0.496 e.